The predicted octanol–water partition coefficient (Wildman–Crippen LogP) is 7.51. The third-order valence-corrected chi connectivity index (χ3v) is 8.68. The van der Waals surface area contributed by atoms with Gasteiger partial charge in [0.15, 0.2) is 6.10 Å². The second-order valence-corrected chi connectivity index (χ2v) is 14.9. The van der Waals surface area contributed by atoms with Crippen molar-refractivity contribution in [3.05, 3.63) is 72.9 Å². The molecule has 0 bridgehead atoms. The topological polar surface area (TPSA) is 189 Å². The Morgan fingerprint density at radius 1 is 0.685 bits per heavy atom. The molecule has 0 aromatic carbocycles. The number of aliphatic hydroxyl groups excluding tert-OH is 4. The minimum absolute atomic E-state index is 0.000803. The molecule has 5 atom stereocenters. The van der Waals surface area contributed by atoms with Crippen molar-refractivity contribution < 1.29 is 58.0 Å². The Kier molecular flexibility index (Phi) is 33.1. The molecule has 0 aliphatic rings. The van der Waals surface area contributed by atoms with E-state index in [2.05, 4.69) is 18.4 Å². The maximum atomic E-state index is 12.5. The molecule has 54 heavy (non-hydrogen) atoms. The van der Waals surface area contributed by atoms with Crippen LogP contribution in [0, 0.1) is 5.92 Å². The number of phosphoric ester groups is 1. The van der Waals surface area contributed by atoms with E-state index in [1.807, 2.05) is 37.3 Å². The smallest absolute Gasteiger partial charge is 0.462 e. The fraction of sp³-hybridized carbons (Fsp3) is 0.659. The van der Waals surface area contributed by atoms with Gasteiger partial charge in [-0.2, -0.15) is 0 Å². The lowest BCUT2D eigenvalue weighted by Crippen LogP contribution is -2.29. The molecule has 0 amide bonds. The van der Waals surface area contributed by atoms with Gasteiger partial charge in [-0.15, -0.1) is 0 Å². The van der Waals surface area contributed by atoms with Gasteiger partial charge in [0, 0.05) is 12.8 Å². The summed E-state index contributed by atoms with van der Waals surface area (Å²) in [5, 5.41) is 38.2. The molecule has 0 aromatic heterocycles. The molecule has 310 valence electrons. The van der Waals surface area contributed by atoms with Gasteiger partial charge in [0.1, 0.15) is 12.7 Å². The Morgan fingerprint density at radius 2 is 1.26 bits per heavy atom. The molecule has 0 aliphatic carbocycles. The number of hydrogen-bond donors (Lipinski definition) is 5. The summed E-state index contributed by atoms with van der Waals surface area (Å²) in [6, 6.07) is 0. The summed E-state index contributed by atoms with van der Waals surface area (Å²) >= 11 is 0. The Hall–Kier alpha value is -2.67. The third kappa shape index (κ3) is 35.1. The van der Waals surface area contributed by atoms with Crippen LogP contribution in [0.1, 0.15) is 117 Å². The van der Waals surface area contributed by atoms with Crippen molar-refractivity contribution in [2.75, 3.05) is 26.4 Å². The Bertz CT molecular complexity index is 1180. The number of carbonyl (C=O) groups excluding carboxylic acids is 2. The summed E-state index contributed by atoms with van der Waals surface area (Å²) in [5.41, 5.74) is 0. The molecule has 5 N–H and O–H groups in total. The van der Waals surface area contributed by atoms with Gasteiger partial charge >= 0.3 is 19.8 Å². The first-order chi connectivity index (χ1) is 25.9. The summed E-state index contributed by atoms with van der Waals surface area (Å²) in [7, 11) is -4.66. The van der Waals surface area contributed by atoms with E-state index in [1.54, 1.807) is 42.5 Å². The number of aliphatic hydroxyl groups is 4. The summed E-state index contributed by atoms with van der Waals surface area (Å²) < 4.78 is 32.4. The van der Waals surface area contributed by atoms with E-state index >= 15 is 0 Å². The molecule has 1 unspecified atom stereocenters. The van der Waals surface area contributed by atoms with E-state index < -0.39 is 64.0 Å². The summed E-state index contributed by atoms with van der Waals surface area (Å²) in [5.74, 6) is -0.378. The molecule has 0 aliphatic heterocycles. The molecule has 13 heteroatoms. The lowest BCUT2D eigenvalue weighted by Gasteiger charge is -2.20. The highest BCUT2D eigenvalue weighted by Crippen LogP contribution is 2.43. The van der Waals surface area contributed by atoms with Crippen LogP contribution in [0.4, 0.5) is 0 Å². The average molecular weight is 785 g/mol. The zero-order valence-corrected chi connectivity index (χ0v) is 33.7. The van der Waals surface area contributed by atoms with Gasteiger partial charge < -0.3 is 34.8 Å². The van der Waals surface area contributed by atoms with Crippen molar-refractivity contribution in [2.45, 2.75) is 141 Å². The average Bonchev–Trinajstić information content (AvgIpc) is 3.13. The fourth-order valence-corrected chi connectivity index (χ4v) is 5.46. The normalized spacial score (nSPS) is 16.0. The van der Waals surface area contributed by atoms with Crippen LogP contribution in [0.5, 0.6) is 0 Å². The number of hydrogen-bond acceptors (Lipinski definition) is 11. The van der Waals surface area contributed by atoms with Crippen LogP contribution < -0.4 is 0 Å². The molecule has 12 nitrogen and oxygen atoms in total. The molecular weight excluding hydrogens is 715 g/mol. The number of esters is 2. The lowest BCUT2D eigenvalue weighted by atomic mass is 10.0. The Balaban J connectivity index is 4.63. The zero-order chi connectivity index (χ0) is 40.3. The summed E-state index contributed by atoms with van der Waals surface area (Å²) in [4.78, 5) is 34.8. The summed E-state index contributed by atoms with van der Waals surface area (Å²) in [6.07, 6.45) is 29.8. The number of unbranched alkanes of at least 4 members (excludes halogenated alkanes) is 6. The number of ether oxygens (including phenoxy) is 2. The zero-order valence-electron chi connectivity index (χ0n) is 32.8. The van der Waals surface area contributed by atoms with Crippen molar-refractivity contribution >= 4 is 19.8 Å². The predicted molar refractivity (Wildman–Crippen MR) is 212 cm³/mol. The van der Waals surface area contributed by atoms with Crippen LogP contribution >= 0.6 is 7.82 Å². The van der Waals surface area contributed by atoms with E-state index in [0.29, 0.717) is 32.1 Å². The van der Waals surface area contributed by atoms with Gasteiger partial charge in [0.25, 0.3) is 0 Å². The highest BCUT2D eigenvalue weighted by molar-refractivity contribution is 7.47. The first-order valence-corrected chi connectivity index (χ1v) is 21.0. The minimum atomic E-state index is -4.66. The maximum absolute atomic E-state index is 12.5. The van der Waals surface area contributed by atoms with Crippen LogP contribution in [0.15, 0.2) is 72.9 Å². The van der Waals surface area contributed by atoms with Crippen LogP contribution in [0.3, 0.4) is 0 Å². The van der Waals surface area contributed by atoms with Gasteiger partial charge in [-0.05, 0) is 44.4 Å². The van der Waals surface area contributed by atoms with Crippen LogP contribution in [0.25, 0.3) is 0 Å². The number of rotatable bonds is 34. The van der Waals surface area contributed by atoms with E-state index in [1.165, 1.54) is 25.7 Å². The first kappa shape index (κ1) is 51.3. The van der Waals surface area contributed by atoms with Crippen LogP contribution in [0.2, 0.25) is 0 Å². The van der Waals surface area contributed by atoms with Crippen LogP contribution in [-0.2, 0) is 32.7 Å². The largest absolute Gasteiger partial charge is 0.472 e. The molecule has 0 heterocycles. The van der Waals surface area contributed by atoms with Crippen molar-refractivity contribution in [3.8, 4) is 0 Å². The Morgan fingerprint density at radius 3 is 1.87 bits per heavy atom. The summed E-state index contributed by atoms with van der Waals surface area (Å²) in [6.45, 7) is 4.18. The van der Waals surface area contributed by atoms with Gasteiger partial charge in [0.2, 0.25) is 0 Å². The van der Waals surface area contributed by atoms with E-state index in [9.17, 15) is 34.4 Å². The fourth-order valence-electron chi connectivity index (χ4n) is 4.67. The molecule has 0 saturated heterocycles. The second-order valence-electron chi connectivity index (χ2n) is 13.5. The molecule has 0 spiro atoms. The SMILES string of the molecule is CC/C=C\C[C@H](O)/C=C/C=C\C=C\[C@H](O)C/C=C\C/C=C\CCC(=O)O[C@H](COC(=O)CCCCCCCCCC(C)C)COP(=O)(O)OC[C@@H](O)CO. The lowest BCUT2D eigenvalue weighted by molar-refractivity contribution is -0.161. The van der Waals surface area contributed by atoms with E-state index in [0.717, 1.165) is 31.6 Å². The van der Waals surface area contributed by atoms with Gasteiger partial charge in [0.05, 0.1) is 32.0 Å². The second kappa shape index (κ2) is 34.8. The first-order valence-electron chi connectivity index (χ1n) is 19.5. The Labute approximate surface area is 323 Å². The quantitative estimate of drug-likeness (QED) is 0.0142. The highest BCUT2D eigenvalue weighted by atomic mass is 31.2. The molecule has 0 fully saturated rings. The van der Waals surface area contributed by atoms with Crippen LogP contribution in [-0.4, -0.2) is 88.1 Å². The standard InChI is InChI=1S/C41H69O12P/c1-4-5-17-25-36(43)27-20-15-16-21-28-37(44)26-19-12-9-10-14-23-30-41(47)53-39(34-52-54(48,49)51-32-38(45)31-42)33-50-40(46)29-22-13-8-6-7-11-18-24-35(2)3/h5,10,12,14-17,19-21,27-28,35-39,42-45H,4,6-9,11,13,18,22-26,29-34H2,1-3H3,(H,48,49)/b14-10-,16-15-,17-5-,19-12-,27-20+,28-21+/t36-,37+,38-,39+/m0/s1. The van der Waals surface area contributed by atoms with Crippen molar-refractivity contribution in [1.29, 1.82) is 0 Å². The molecular formula is C41H69O12P. The van der Waals surface area contributed by atoms with E-state index in [4.69, 9.17) is 19.1 Å². The van der Waals surface area contributed by atoms with Gasteiger partial charge in [-0.3, -0.25) is 18.6 Å². The molecule has 0 radical (unpaired) electrons. The van der Waals surface area contributed by atoms with Gasteiger partial charge in [-0.25, -0.2) is 4.57 Å². The number of allylic oxidation sites excluding steroid dienone is 8. The van der Waals surface area contributed by atoms with Crippen molar-refractivity contribution in [2.24, 2.45) is 5.92 Å². The molecule has 0 rings (SSSR count). The molecule has 0 aromatic rings. The molecule has 0 saturated carbocycles. The highest BCUT2D eigenvalue weighted by Gasteiger charge is 2.27. The number of phosphoric acid groups is 1. The van der Waals surface area contributed by atoms with Gasteiger partial charge in [-0.1, -0.05) is 139 Å². The third-order valence-electron chi connectivity index (χ3n) is 7.73. The monoisotopic (exact) mass is 784 g/mol. The number of carbonyl (C=O) groups is 2. The van der Waals surface area contributed by atoms with Crippen molar-refractivity contribution in [3.63, 3.8) is 0 Å². The van der Waals surface area contributed by atoms with Crippen molar-refractivity contribution in [1.82, 2.24) is 0 Å². The van der Waals surface area contributed by atoms with E-state index in [-0.39, 0.29) is 19.4 Å². The minimum Gasteiger partial charge on any atom is -0.462 e. The maximum Gasteiger partial charge on any atom is 0.472 e.